The van der Waals surface area contributed by atoms with Gasteiger partial charge in [-0.15, -0.1) is 0 Å². The van der Waals surface area contributed by atoms with Crippen molar-refractivity contribution in [1.29, 1.82) is 0 Å². The highest BCUT2D eigenvalue weighted by Crippen LogP contribution is 2.26. The predicted octanol–water partition coefficient (Wildman–Crippen LogP) is 3.40. The fraction of sp³-hybridized carbons (Fsp3) is 0.158. The third-order valence-corrected chi connectivity index (χ3v) is 3.91. The summed E-state index contributed by atoms with van der Waals surface area (Å²) in [5.41, 5.74) is 1.19. The van der Waals surface area contributed by atoms with Gasteiger partial charge in [0.15, 0.2) is 12.4 Å². The lowest BCUT2D eigenvalue weighted by Crippen LogP contribution is -2.14. The molecule has 0 aliphatic carbocycles. The summed E-state index contributed by atoms with van der Waals surface area (Å²) in [6.45, 7) is 2.08. The Morgan fingerprint density at radius 3 is 2.75 bits per heavy atom. The van der Waals surface area contributed by atoms with Crippen LogP contribution in [0.2, 0.25) is 0 Å². The number of hydrogen-bond acceptors (Lipinski definition) is 6. The van der Waals surface area contributed by atoms with Gasteiger partial charge in [-0.1, -0.05) is 18.2 Å². The van der Waals surface area contributed by atoms with Gasteiger partial charge in [-0.3, -0.25) is 14.9 Å². The molecule has 0 saturated heterocycles. The monoisotopic (exact) mass is 382 g/mol. The third-order valence-electron chi connectivity index (χ3n) is 3.91. The number of non-ortho nitro benzene ring substituents is 1. The molecule has 0 saturated carbocycles. The molecule has 144 valence electrons. The van der Waals surface area contributed by atoms with Crippen LogP contribution in [-0.4, -0.2) is 27.7 Å². The van der Waals surface area contributed by atoms with Crippen LogP contribution in [0, 0.1) is 17.0 Å². The maximum Gasteiger partial charge on any atom is 0.276 e. The van der Waals surface area contributed by atoms with Gasteiger partial charge in [-0.2, -0.15) is 5.10 Å². The number of carbonyl (C=O) groups excluding carboxylic acids is 1. The summed E-state index contributed by atoms with van der Waals surface area (Å²) in [5.74, 6) is 0.492. The first-order valence-corrected chi connectivity index (χ1v) is 8.33. The number of ether oxygens (including phenoxy) is 2. The van der Waals surface area contributed by atoms with Gasteiger partial charge >= 0.3 is 0 Å². The van der Waals surface area contributed by atoms with Gasteiger partial charge < -0.3 is 14.8 Å². The molecule has 0 bridgehead atoms. The Kier molecular flexibility index (Phi) is 5.54. The standard InChI is InChI=1S/C19H18N4O5/c1-13-5-3-4-6-18(13)28-12-22-8-7-17(21-22)19(24)20-14-9-15(23(25)26)11-16(10-14)27-2/h3-11H,12H2,1-2H3,(H,20,24). The fourth-order valence-corrected chi connectivity index (χ4v) is 2.48. The first-order valence-electron chi connectivity index (χ1n) is 8.33. The first kappa shape index (κ1) is 18.9. The van der Waals surface area contributed by atoms with E-state index in [4.69, 9.17) is 9.47 Å². The number of nitro groups is 1. The second-order valence-corrected chi connectivity index (χ2v) is 5.91. The zero-order chi connectivity index (χ0) is 20.1. The number of carbonyl (C=O) groups is 1. The van der Waals surface area contributed by atoms with Crippen molar-refractivity contribution in [2.75, 3.05) is 12.4 Å². The molecule has 0 atom stereocenters. The van der Waals surface area contributed by atoms with Crippen LogP contribution >= 0.6 is 0 Å². The molecule has 2 aromatic carbocycles. The number of hydrogen-bond donors (Lipinski definition) is 1. The van der Waals surface area contributed by atoms with Crippen LogP contribution in [0.1, 0.15) is 16.1 Å². The molecule has 3 aromatic rings. The summed E-state index contributed by atoms with van der Waals surface area (Å²) in [6.07, 6.45) is 1.61. The molecular weight excluding hydrogens is 364 g/mol. The highest BCUT2D eigenvalue weighted by atomic mass is 16.6. The number of nitrogens with one attached hydrogen (secondary N) is 1. The van der Waals surface area contributed by atoms with Gasteiger partial charge in [0.2, 0.25) is 0 Å². The maximum atomic E-state index is 12.4. The van der Waals surface area contributed by atoms with Gasteiger partial charge in [-0.25, -0.2) is 4.68 Å². The van der Waals surface area contributed by atoms with E-state index in [0.29, 0.717) is 0 Å². The molecule has 1 heterocycles. The summed E-state index contributed by atoms with van der Waals surface area (Å²) in [6, 6.07) is 13.1. The van der Waals surface area contributed by atoms with Crippen molar-refractivity contribution in [3.63, 3.8) is 0 Å². The average molecular weight is 382 g/mol. The largest absolute Gasteiger partial charge is 0.496 e. The van der Waals surface area contributed by atoms with E-state index in [1.54, 1.807) is 6.20 Å². The molecule has 1 aromatic heterocycles. The second kappa shape index (κ2) is 8.21. The smallest absolute Gasteiger partial charge is 0.276 e. The summed E-state index contributed by atoms with van der Waals surface area (Å²) in [7, 11) is 1.39. The van der Waals surface area contributed by atoms with Crippen LogP contribution < -0.4 is 14.8 Å². The number of para-hydroxylation sites is 1. The molecule has 0 spiro atoms. The van der Waals surface area contributed by atoms with E-state index in [-0.39, 0.29) is 29.5 Å². The number of methoxy groups -OCH3 is 1. The third kappa shape index (κ3) is 4.44. The van der Waals surface area contributed by atoms with Crippen molar-refractivity contribution in [2.45, 2.75) is 13.7 Å². The van der Waals surface area contributed by atoms with Crippen LogP contribution in [0.4, 0.5) is 11.4 Å². The number of anilines is 1. The molecule has 0 radical (unpaired) electrons. The van der Waals surface area contributed by atoms with E-state index >= 15 is 0 Å². The minimum Gasteiger partial charge on any atom is -0.496 e. The topological polar surface area (TPSA) is 109 Å². The zero-order valence-electron chi connectivity index (χ0n) is 15.3. The lowest BCUT2D eigenvalue weighted by molar-refractivity contribution is -0.384. The van der Waals surface area contributed by atoms with Gasteiger partial charge in [0.25, 0.3) is 11.6 Å². The number of nitrogens with zero attached hydrogens (tertiary/aromatic N) is 3. The van der Waals surface area contributed by atoms with Crippen molar-refractivity contribution in [1.82, 2.24) is 9.78 Å². The Morgan fingerprint density at radius 1 is 1.25 bits per heavy atom. The average Bonchev–Trinajstić information content (AvgIpc) is 3.16. The molecule has 9 nitrogen and oxygen atoms in total. The normalized spacial score (nSPS) is 10.4. The molecule has 9 heteroatoms. The molecule has 0 aliphatic rings. The Labute approximate surface area is 160 Å². The molecule has 1 N–H and O–H groups in total. The van der Waals surface area contributed by atoms with Crippen LogP contribution in [-0.2, 0) is 6.73 Å². The van der Waals surface area contributed by atoms with Crippen molar-refractivity contribution >= 4 is 17.3 Å². The van der Waals surface area contributed by atoms with E-state index in [2.05, 4.69) is 10.4 Å². The van der Waals surface area contributed by atoms with Crippen molar-refractivity contribution in [3.8, 4) is 11.5 Å². The van der Waals surface area contributed by atoms with Gasteiger partial charge in [-0.05, 0) is 24.6 Å². The van der Waals surface area contributed by atoms with Crippen LogP contribution in [0.15, 0.2) is 54.7 Å². The van der Waals surface area contributed by atoms with E-state index in [1.165, 1.54) is 36.1 Å². The molecule has 0 unspecified atom stereocenters. The fourth-order valence-electron chi connectivity index (χ4n) is 2.48. The van der Waals surface area contributed by atoms with Crippen LogP contribution in [0.25, 0.3) is 0 Å². The highest BCUT2D eigenvalue weighted by molar-refractivity contribution is 6.03. The summed E-state index contributed by atoms with van der Waals surface area (Å²) in [4.78, 5) is 22.8. The van der Waals surface area contributed by atoms with Crippen molar-refractivity contribution in [3.05, 3.63) is 76.1 Å². The summed E-state index contributed by atoms with van der Waals surface area (Å²) in [5, 5.41) is 17.8. The van der Waals surface area contributed by atoms with Crippen molar-refractivity contribution < 1.29 is 19.2 Å². The number of amides is 1. The molecule has 3 rings (SSSR count). The quantitative estimate of drug-likeness (QED) is 0.495. The Balaban J connectivity index is 1.68. The van der Waals surface area contributed by atoms with Crippen LogP contribution in [0.3, 0.4) is 0 Å². The first-order chi connectivity index (χ1) is 13.5. The number of aromatic nitrogens is 2. The van der Waals surface area contributed by atoms with Gasteiger partial charge in [0.05, 0.1) is 23.8 Å². The van der Waals surface area contributed by atoms with Gasteiger partial charge in [0.1, 0.15) is 11.5 Å². The predicted molar refractivity (Wildman–Crippen MR) is 102 cm³/mol. The lowest BCUT2D eigenvalue weighted by atomic mass is 10.2. The maximum absolute atomic E-state index is 12.4. The minimum absolute atomic E-state index is 0.142. The molecule has 0 aliphatic heterocycles. The van der Waals surface area contributed by atoms with E-state index < -0.39 is 10.8 Å². The molecule has 0 fully saturated rings. The van der Waals surface area contributed by atoms with E-state index in [1.807, 2.05) is 31.2 Å². The summed E-state index contributed by atoms with van der Waals surface area (Å²) >= 11 is 0. The Morgan fingerprint density at radius 2 is 2.04 bits per heavy atom. The molecular formula is C19H18N4O5. The number of nitro benzene ring substituents is 1. The summed E-state index contributed by atoms with van der Waals surface area (Å²) < 4.78 is 12.2. The minimum atomic E-state index is -0.560. The molecule has 28 heavy (non-hydrogen) atoms. The van der Waals surface area contributed by atoms with Crippen molar-refractivity contribution in [2.24, 2.45) is 0 Å². The lowest BCUT2D eigenvalue weighted by Gasteiger charge is -2.08. The zero-order valence-corrected chi connectivity index (χ0v) is 15.3. The number of benzene rings is 2. The van der Waals surface area contributed by atoms with E-state index in [9.17, 15) is 14.9 Å². The Hall–Kier alpha value is -3.88. The second-order valence-electron chi connectivity index (χ2n) is 5.91. The SMILES string of the molecule is COc1cc(NC(=O)c2ccn(COc3ccccc3C)n2)cc([N+](=O)[O-])c1. The highest BCUT2D eigenvalue weighted by Gasteiger charge is 2.15. The molecule has 1 amide bonds. The van der Waals surface area contributed by atoms with Crippen LogP contribution in [0.5, 0.6) is 11.5 Å². The Bertz CT molecular complexity index is 1020. The van der Waals surface area contributed by atoms with E-state index in [0.717, 1.165) is 11.3 Å². The number of aryl methyl sites for hydroxylation is 1. The van der Waals surface area contributed by atoms with Gasteiger partial charge in [0, 0.05) is 18.3 Å². The number of rotatable bonds is 7.